The summed E-state index contributed by atoms with van der Waals surface area (Å²) in [5.41, 5.74) is -0.0659. The number of piperidine rings is 1. The Morgan fingerprint density at radius 2 is 1.89 bits per heavy atom. The number of halogens is 1. The summed E-state index contributed by atoms with van der Waals surface area (Å²) in [5, 5.41) is 9.82. The van der Waals surface area contributed by atoms with Crippen LogP contribution >= 0.6 is 0 Å². The molecule has 1 aliphatic rings. The minimum atomic E-state index is -0.602. The van der Waals surface area contributed by atoms with Crippen LogP contribution in [-0.2, 0) is 0 Å². The van der Waals surface area contributed by atoms with Gasteiger partial charge in [-0.25, -0.2) is 4.39 Å². The fourth-order valence-electron chi connectivity index (χ4n) is 2.12. The molecule has 1 aliphatic heterocycles. The average molecular weight is 251 g/mol. The van der Waals surface area contributed by atoms with Crippen LogP contribution in [0.1, 0.15) is 30.1 Å². The number of aliphatic hydroxyl groups is 1. The molecule has 0 amide bonds. The van der Waals surface area contributed by atoms with Gasteiger partial charge in [-0.3, -0.25) is 9.69 Å². The Hall–Kier alpha value is -1.26. The highest BCUT2D eigenvalue weighted by Gasteiger charge is 2.28. The van der Waals surface area contributed by atoms with Gasteiger partial charge in [-0.1, -0.05) is 0 Å². The molecule has 0 aromatic heterocycles. The van der Waals surface area contributed by atoms with Crippen molar-refractivity contribution >= 4 is 5.78 Å². The van der Waals surface area contributed by atoms with Gasteiger partial charge < -0.3 is 5.11 Å². The topological polar surface area (TPSA) is 40.5 Å². The van der Waals surface area contributed by atoms with Crippen molar-refractivity contribution in [2.24, 2.45) is 0 Å². The van der Waals surface area contributed by atoms with E-state index < -0.39 is 5.60 Å². The zero-order valence-electron chi connectivity index (χ0n) is 10.5. The van der Waals surface area contributed by atoms with Gasteiger partial charge in [0, 0.05) is 18.7 Å². The SMILES string of the molecule is CC1(O)CCN(CC(=O)c2ccc(F)cc2)CC1. The summed E-state index contributed by atoms with van der Waals surface area (Å²) in [7, 11) is 0. The number of carbonyl (C=O) groups excluding carboxylic acids is 1. The first kappa shape index (κ1) is 13.2. The highest BCUT2D eigenvalue weighted by atomic mass is 19.1. The van der Waals surface area contributed by atoms with Gasteiger partial charge in [0.15, 0.2) is 5.78 Å². The highest BCUT2D eigenvalue weighted by molar-refractivity contribution is 5.97. The third kappa shape index (κ3) is 3.37. The van der Waals surface area contributed by atoms with Crippen molar-refractivity contribution in [3.63, 3.8) is 0 Å². The number of Topliss-reactive ketones (excluding diaryl/α,β-unsaturated/α-hetero) is 1. The molecule has 18 heavy (non-hydrogen) atoms. The van der Waals surface area contributed by atoms with Crippen molar-refractivity contribution in [2.45, 2.75) is 25.4 Å². The Morgan fingerprint density at radius 1 is 1.33 bits per heavy atom. The third-order valence-corrected chi connectivity index (χ3v) is 3.47. The number of benzene rings is 1. The number of likely N-dealkylation sites (tertiary alicyclic amines) is 1. The quantitative estimate of drug-likeness (QED) is 0.834. The van der Waals surface area contributed by atoms with Crippen molar-refractivity contribution in [1.29, 1.82) is 0 Å². The van der Waals surface area contributed by atoms with E-state index >= 15 is 0 Å². The van der Waals surface area contributed by atoms with E-state index in [2.05, 4.69) is 0 Å². The monoisotopic (exact) mass is 251 g/mol. The zero-order chi connectivity index (χ0) is 13.2. The normalized spacial score (nSPS) is 19.7. The van der Waals surface area contributed by atoms with Crippen LogP contribution in [0.25, 0.3) is 0 Å². The largest absolute Gasteiger partial charge is 0.390 e. The number of ketones is 1. The van der Waals surface area contributed by atoms with E-state index in [1.807, 2.05) is 11.8 Å². The van der Waals surface area contributed by atoms with Gasteiger partial charge in [-0.2, -0.15) is 0 Å². The van der Waals surface area contributed by atoms with Crippen molar-refractivity contribution in [3.05, 3.63) is 35.6 Å². The molecule has 1 saturated heterocycles. The van der Waals surface area contributed by atoms with Crippen molar-refractivity contribution in [3.8, 4) is 0 Å². The molecule has 2 rings (SSSR count). The molecule has 0 spiro atoms. The van der Waals surface area contributed by atoms with Crippen LogP contribution in [0.15, 0.2) is 24.3 Å². The number of carbonyl (C=O) groups is 1. The van der Waals surface area contributed by atoms with Gasteiger partial charge in [0.2, 0.25) is 0 Å². The van der Waals surface area contributed by atoms with Crippen LogP contribution in [0, 0.1) is 5.82 Å². The molecule has 0 radical (unpaired) electrons. The Bertz CT molecular complexity index is 418. The lowest BCUT2D eigenvalue weighted by molar-refractivity contribution is -0.00420. The predicted molar refractivity (Wildman–Crippen MR) is 67.0 cm³/mol. The lowest BCUT2D eigenvalue weighted by atomic mass is 9.93. The molecule has 1 aromatic carbocycles. The fraction of sp³-hybridized carbons (Fsp3) is 0.500. The number of hydrogen-bond donors (Lipinski definition) is 1. The predicted octanol–water partition coefficient (Wildman–Crippen LogP) is 1.86. The van der Waals surface area contributed by atoms with E-state index in [4.69, 9.17) is 0 Å². The van der Waals surface area contributed by atoms with Crippen LogP contribution in [-0.4, -0.2) is 41.0 Å². The smallest absolute Gasteiger partial charge is 0.176 e. The maximum Gasteiger partial charge on any atom is 0.176 e. The zero-order valence-corrected chi connectivity index (χ0v) is 10.5. The van der Waals surface area contributed by atoms with Gasteiger partial charge in [-0.05, 0) is 44.0 Å². The lowest BCUT2D eigenvalue weighted by Gasteiger charge is -2.35. The van der Waals surface area contributed by atoms with Crippen molar-refractivity contribution in [1.82, 2.24) is 4.90 Å². The first-order chi connectivity index (χ1) is 8.46. The number of rotatable bonds is 3. The summed E-state index contributed by atoms with van der Waals surface area (Å²) in [6, 6.07) is 5.62. The molecule has 1 aromatic rings. The van der Waals surface area contributed by atoms with E-state index in [-0.39, 0.29) is 11.6 Å². The minimum Gasteiger partial charge on any atom is -0.390 e. The average Bonchev–Trinajstić information content (AvgIpc) is 2.33. The van der Waals surface area contributed by atoms with Crippen molar-refractivity contribution < 1.29 is 14.3 Å². The lowest BCUT2D eigenvalue weighted by Crippen LogP contribution is -2.44. The summed E-state index contributed by atoms with van der Waals surface area (Å²) in [6.45, 7) is 3.60. The summed E-state index contributed by atoms with van der Waals surface area (Å²) in [5.74, 6) is -0.336. The van der Waals surface area contributed by atoms with Gasteiger partial charge in [0.25, 0.3) is 0 Å². The number of hydrogen-bond acceptors (Lipinski definition) is 3. The molecule has 1 fully saturated rings. The summed E-state index contributed by atoms with van der Waals surface area (Å²) in [6.07, 6.45) is 1.37. The Morgan fingerprint density at radius 3 is 2.44 bits per heavy atom. The standard InChI is InChI=1S/C14H18FNO2/c1-14(18)6-8-16(9-7-14)10-13(17)11-2-4-12(15)5-3-11/h2-5,18H,6-10H2,1H3. The van der Waals surface area contributed by atoms with Gasteiger partial charge in [0.1, 0.15) is 5.82 Å². The van der Waals surface area contributed by atoms with Crippen LogP contribution in [0.5, 0.6) is 0 Å². The Balaban J connectivity index is 1.90. The van der Waals surface area contributed by atoms with Gasteiger partial charge in [0.05, 0.1) is 12.1 Å². The number of nitrogens with zero attached hydrogens (tertiary/aromatic N) is 1. The van der Waals surface area contributed by atoms with Gasteiger partial charge in [-0.15, -0.1) is 0 Å². The van der Waals surface area contributed by atoms with Crippen LogP contribution in [0.2, 0.25) is 0 Å². The maximum absolute atomic E-state index is 12.7. The summed E-state index contributed by atoms with van der Waals surface area (Å²) in [4.78, 5) is 14.0. The molecular formula is C14H18FNO2. The second kappa shape index (κ2) is 5.16. The summed E-state index contributed by atoms with van der Waals surface area (Å²) < 4.78 is 12.7. The Labute approximate surface area is 106 Å². The first-order valence-corrected chi connectivity index (χ1v) is 6.20. The van der Waals surface area contributed by atoms with E-state index in [9.17, 15) is 14.3 Å². The second-order valence-electron chi connectivity index (χ2n) is 5.20. The molecule has 3 nitrogen and oxygen atoms in total. The van der Waals surface area contributed by atoms with E-state index in [1.165, 1.54) is 24.3 Å². The molecule has 0 atom stereocenters. The van der Waals surface area contributed by atoms with Crippen molar-refractivity contribution in [2.75, 3.05) is 19.6 Å². The molecule has 0 aliphatic carbocycles. The van der Waals surface area contributed by atoms with E-state index in [1.54, 1.807) is 0 Å². The molecular weight excluding hydrogens is 233 g/mol. The first-order valence-electron chi connectivity index (χ1n) is 6.20. The summed E-state index contributed by atoms with van der Waals surface area (Å²) >= 11 is 0. The second-order valence-corrected chi connectivity index (χ2v) is 5.20. The van der Waals surface area contributed by atoms with E-state index in [0.717, 1.165) is 13.1 Å². The molecule has 0 saturated carbocycles. The molecule has 0 bridgehead atoms. The molecule has 1 N–H and O–H groups in total. The van der Waals surface area contributed by atoms with E-state index in [0.29, 0.717) is 24.9 Å². The molecule has 1 heterocycles. The fourth-order valence-corrected chi connectivity index (χ4v) is 2.12. The van der Waals surface area contributed by atoms with Crippen LogP contribution in [0.3, 0.4) is 0 Å². The Kier molecular flexibility index (Phi) is 3.78. The van der Waals surface area contributed by atoms with Gasteiger partial charge >= 0.3 is 0 Å². The minimum absolute atomic E-state index is 0.00320. The van der Waals surface area contributed by atoms with Crippen LogP contribution in [0.4, 0.5) is 4.39 Å². The maximum atomic E-state index is 12.7. The highest BCUT2D eigenvalue weighted by Crippen LogP contribution is 2.21. The van der Waals surface area contributed by atoms with Crippen LogP contribution < -0.4 is 0 Å². The molecule has 98 valence electrons. The molecule has 4 heteroatoms. The molecule has 0 unspecified atom stereocenters. The third-order valence-electron chi connectivity index (χ3n) is 3.47.